The van der Waals surface area contributed by atoms with E-state index in [9.17, 15) is 0 Å². The molecule has 2 aliphatic rings. The van der Waals surface area contributed by atoms with Gasteiger partial charge in [-0.1, -0.05) is 111 Å². The van der Waals surface area contributed by atoms with Crippen molar-refractivity contribution < 1.29 is 19.2 Å². The highest BCUT2D eigenvalue weighted by Crippen LogP contribution is 2.51. The van der Waals surface area contributed by atoms with Gasteiger partial charge in [0, 0.05) is 65.3 Å². The molecule has 48 heavy (non-hydrogen) atoms. The van der Waals surface area contributed by atoms with Gasteiger partial charge < -0.3 is 4.90 Å². The standard InChI is InChI=1S/C42H48N2O3S/c1-6-7-15-28-43-35-26-24-31-18-11-13-20-33(31)39(35)41(2,3)37(43)22-9-8-10-23-38-42(4,5)40-34-21-14-12-19-32(34)25-27-36(40)44(38)29-16-17-30-48-47-46-45/h8-14,18-27H,6-7,15-17,28-30H2,1-5H3/p+1. The van der Waals surface area contributed by atoms with Crippen LogP contribution in [-0.4, -0.2) is 34.4 Å². The summed E-state index contributed by atoms with van der Waals surface area (Å²) >= 11 is 1.13. The van der Waals surface area contributed by atoms with Gasteiger partial charge >= 0.3 is 0 Å². The molecular formula is C42H49N2O3S+. The van der Waals surface area contributed by atoms with Gasteiger partial charge in [0.1, 0.15) is 6.54 Å². The first kappa shape index (κ1) is 34.2. The predicted octanol–water partition coefficient (Wildman–Crippen LogP) is 11.2. The van der Waals surface area contributed by atoms with Gasteiger partial charge in [-0.2, -0.15) is 4.58 Å². The van der Waals surface area contributed by atoms with Crippen LogP contribution in [0.5, 0.6) is 0 Å². The van der Waals surface area contributed by atoms with Gasteiger partial charge in [0.2, 0.25) is 5.69 Å². The molecule has 0 saturated carbocycles. The lowest BCUT2D eigenvalue weighted by molar-refractivity contribution is -0.438. The topological polar surface area (TPSA) is 44.9 Å². The third kappa shape index (κ3) is 6.51. The van der Waals surface area contributed by atoms with Gasteiger partial charge in [0.15, 0.2) is 5.71 Å². The predicted molar refractivity (Wildman–Crippen MR) is 203 cm³/mol. The largest absolute Gasteiger partial charge is 0.344 e. The fourth-order valence-electron chi connectivity index (χ4n) is 7.92. The van der Waals surface area contributed by atoms with E-state index in [0.717, 1.165) is 43.7 Å². The molecule has 2 aliphatic heterocycles. The van der Waals surface area contributed by atoms with E-state index in [1.165, 1.54) is 74.7 Å². The van der Waals surface area contributed by atoms with Crippen LogP contribution in [0.25, 0.3) is 21.5 Å². The van der Waals surface area contributed by atoms with Gasteiger partial charge in [-0.05, 0) is 72.0 Å². The minimum absolute atomic E-state index is 0.106. The van der Waals surface area contributed by atoms with Gasteiger partial charge in [-0.25, -0.2) is 5.26 Å². The van der Waals surface area contributed by atoms with Crippen molar-refractivity contribution in [3.63, 3.8) is 0 Å². The van der Waals surface area contributed by atoms with Crippen molar-refractivity contribution in [3.8, 4) is 0 Å². The fraction of sp³-hybridized carbons (Fsp3) is 0.357. The summed E-state index contributed by atoms with van der Waals surface area (Å²) in [5, 5.41) is 17.5. The van der Waals surface area contributed by atoms with Crippen molar-refractivity contribution in [2.45, 2.75) is 77.6 Å². The van der Waals surface area contributed by atoms with Crippen LogP contribution in [0.2, 0.25) is 0 Å². The van der Waals surface area contributed by atoms with Crippen LogP contribution in [0.15, 0.2) is 109 Å². The Morgan fingerprint density at radius 2 is 1.48 bits per heavy atom. The number of anilines is 1. The molecule has 0 unspecified atom stereocenters. The maximum atomic E-state index is 8.45. The minimum atomic E-state index is -0.159. The fourth-order valence-corrected chi connectivity index (χ4v) is 8.35. The Bertz CT molecular complexity index is 1900. The Morgan fingerprint density at radius 3 is 2.21 bits per heavy atom. The summed E-state index contributed by atoms with van der Waals surface area (Å²) in [4.78, 5) is 2.57. The van der Waals surface area contributed by atoms with Crippen LogP contribution in [0, 0.1) is 0 Å². The first-order chi connectivity index (χ1) is 23.3. The molecule has 0 atom stereocenters. The van der Waals surface area contributed by atoms with E-state index in [0.29, 0.717) is 0 Å². The number of hydrogen-bond donors (Lipinski definition) is 1. The number of unbranched alkanes of at least 4 members (excludes halogenated alkanes) is 3. The molecule has 250 valence electrons. The Morgan fingerprint density at radius 1 is 0.771 bits per heavy atom. The Kier molecular flexibility index (Phi) is 10.6. The normalized spacial score (nSPS) is 17.5. The number of rotatable bonds is 14. The van der Waals surface area contributed by atoms with E-state index in [1.807, 2.05) is 0 Å². The van der Waals surface area contributed by atoms with Crippen molar-refractivity contribution in [2.75, 3.05) is 23.7 Å². The first-order valence-corrected chi connectivity index (χ1v) is 18.3. The van der Waals surface area contributed by atoms with Crippen molar-refractivity contribution >= 4 is 50.7 Å². The van der Waals surface area contributed by atoms with Crippen LogP contribution in [-0.2, 0) is 20.2 Å². The zero-order chi connectivity index (χ0) is 33.7. The number of nitrogens with zero attached hydrogens (tertiary/aromatic N) is 2. The number of benzene rings is 4. The van der Waals surface area contributed by atoms with Crippen molar-refractivity contribution in [2.24, 2.45) is 0 Å². The average Bonchev–Trinajstić information content (AvgIpc) is 3.44. The lowest BCUT2D eigenvalue weighted by Gasteiger charge is -2.27. The zero-order valence-corrected chi connectivity index (χ0v) is 29.9. The van der Waals surface area contributed by atoms with Crippen molar-refractivity contribution in [1.29, 1.82) is 0 Å². The zero-order valence-electron chi connectivity index (χ0n) is 29.0. The molecule has 0 aliphatic carbocycles. The summed E-state index contributed by atoms with van der Waals surface area (Å²) in [5.74, 6) is 0.746. The molecule has 0 bridgehead atoms. The molecule has 1 N–H and O–H groups in total. The maximum Gasteiger partial charge on any atom is 0.210 e. The molecular weight excluding hydrogens is 613 g/mol. The molecule has 0 saturated heterocycles. The summed E-state index contributed by atoms with van der Waals surface area (Å²) in [6.45, 7) is 13.7. The third-order valence-electron chi connectivity index (χ3n) is 10.2. The second-order valence-corrected chi connectivity index (χ2v) is 14.8. The molecule has 0 radical (unpaired) electrons. The lowest BCUT2D eigenvalue weighted by atomic mass is 9.79. The number of allylic oxidation sites excluding steroid dienone is 6. The van der Waals surface area contributed by atoms with Crippen LogP contribution in [0.4, 0.5) is 11.4 Å². The van der Waals surface area contributed by atoms with Gasteiger partial charge in [-0.3, -0.25) is 0 Å². The van der Waals surface area contributed by atoms with E-state index in [2.05, 4.69) is 157 Å². The average molecular weight is 662 g/mol. The Hall–Kier alpha value is -3.68. The summed E-state index contributed by atoms with van der Waals surface area (Å²) in [6.07, 6.45) is 16.8. The third-order valence-corrected chi connectivity index (χ3v) is 10.8. The number of hydrogen-bond acceptors (Lipinski definition) is 5. The molecule has 5 nitrogen and oxygen atoms in total. The monoisotopic (exact) mass is 661 g/mol. The molecule has 0 spiro atoms. The lowest BCUT2D eigenvalue weighted by Crippen LogP contribution is -2.28. The maximum absolute atomic E-state index is 8.45. The van der Waals surface area contributed by atoms with Crippen molar-refractivity contribution in [1.82, 2.24) is 0 Å². The van der Waals surface area contributed by atoms with E-state index < -0.39 is 0 Å². The molecule has 0 fully saturated rings. The molecule has 4 aromatic rings. The van der Waals surface area contributed by atoms with E-state index in [1.54, 1.807) is 0 Å². The van der Waals surface area contributed by atoms with E-state index >= 15 is 0 Å². The Labute approximate surface area is 290 Å². The highest BCUT2D eigenvalue weighted by atomic mass is 32.2. The molecule has 6 rings (SSSR count). The molecule has 4 aromatic carbocycles. The highest BCUT2D eigenvalue weighted by molar-refractivity contribution is 7.94. The van der Waals surface area contributed by atoms with E-state index in [4.69, 9.17) is 5.26 Å². The summed E-state index contributed by atoms with van der Waals surface area (Å²) < 4.78 is 7.08. The van der Waals surface area contributed by atoms with Gasteiger partial charge in [0.25, 0.3) is 0 Å². The SMILES string of the molecule is CCCCCN1/C(=C/C=C/C=C/C2=[N+](CCCCSOOO)c3ccc4ccccc4c3C2(C)C)C(C)(C)c2c1ccc1ccccc21. The van der Waals surface area contributed by atoms with Crippen LogP contribution in [0.1, 0.15) is 77.8 Å². The smallest absolute Gasteiger partial charge is 0.210 e. The quantitative estimate of drug-likeness (QED) is 0.0364. The second-order valence-electron chi connectivity index (χ2n) is 14.0. The van der Waals surface area contributed by atoms with Crippen molar-refractivity contribution in [3.05, 3.63) is 120 Å². The van der Waals surface area contributed by atoms with Gasteiger partial charge in [0.05, 0.1) is 5.41 Å². The number of fused-ring (bicyclic) bond motifs is 6. The molecule has 6 heteroatoms. The first-order valence-electron chi connectivity index (χ1n) is 17.4. The van der Waals surface area contributed by atoms with Crippen LogP contribution in [0.3, 0.4) is 0 Å². The second kappa shape index (κ2) is 14.8. The summed E-state index contributed by atoms with van der Waals surface area (Å²) in [5.41, 5.74) is 7.85. The van der Waals surface area contributed by atoms with E-state index in [-0.39, 0.29) is 10.8 Å². The molecule has 0 amide bonds. The minimum Gasteiger partial charge on any atom is -0.344 e. The highest BCUT2D eigenvalue weighted by Gasteiger charge is 2.45. The molecule has 2 heterocycles. The van der Waals surface area contributed by atoms with Gasteiger partial charge in [-0.15, -0.1) is 4.33 Å². The Balaban J connectivity index is 1.31. The van der Waals surface area contributed by atoms with Crippen LogP contribution < -0.4 is 4.90 Å². The summed E-state index contributed by atoms with van der Waals surface area (Å²) in [7, 11) is 0. The molecule has 0 aromatic heterocycles. The van der Waals surface area contributed by atoms with Crippen LogP contribution >= 0.6 is 12.0 Å². The summed E-state index contributed by atoms with van der Waals surface area (Å²) in [6, 6.07) is 26.7.